The molecule has 1 saturated carbocycles. The molecule has 0 N–H and O–H groups in total. The third kappa shape index (κ3) is 3.02. The number of rotatable bonds is 2. The molecule has 1 aliphatic carbocycles. The molecule has 1 atom stereocenters. The van der Waals surface area contributed by atoms with Gasteiger partial charge in [-0.3, -0.25) is 4.79 Å². The van der Waals surface area contributed by atoms with Gasteiger partial charge >= 0.3 is 0 Å². The molecule has 1 aliphatic heterocycles. The molecule has 19 heavy (non-hydrogen) atoms. The van der Waals surface area contributed by atoms with E-state index in [1.54, 1.807) is 11.8 Å². The molecule has 1 saturated heterocycles. The minimum Gasteiger partial charge on any atom is -0.339 e. The minimum atomic E-state index is -0.153. The zero-order valence-corrected chi connectivity index (χ0v) is 12.0. The highest BCUT2D eigenvalue weighted by atomic mass is 32.2. The number of hydrogen-bond acceptors (Lipinski definition) is 5. The van der Waals surface area contributed by atoms with Gasteiger partial charge < -0.3 is 4.52 Å². The SMILES string of the molecule is O=C1CSCC1c1nc(C2CCCCCCC2)no1. The van der Waals surface area contributed by atoms with Gasteiger partial charge in [0.25, 0.3) is 0 Å². The Morgan fingerprint density at radius 2 is 1.84 bits per heavy atom. The van der Waals surface area contributed by atoms with Crippen molar-refractivity contribution in [2.75, 3.05) is 11.5 Å². The first-order valence-corrected chi connectivity index (χ1v) is 8.44. The zero-order chi connectivity index (χ0) is 13.1. The van der Waals surface area contributed by atoms with Crippen LogP contribution < -0.4 is 0 Å². The minimum absolute atomic E-state index is 0.153. The molecule has 104 valence electrons. The molecule has 5 heteroatoms. The first-order chi connectivity index (χ1) is 9.34. The van der Waals surface area contributed by atoms with E-state index in [2.05, 4.69) is 10.1 Å². The van der Waals surface area contributed by atoms with Gasteiger partial charge in [-0.2, -0.15) is 16.7 Å². The third-order valence-electron chi connectivity index (χ3n) is 4.14. The van der Waals surface area contributed by atoms with Crippen molar-refractivity contribution in [3.8, 4) is 0 Å². The second kappa shape index (κ2) is 6.07. The lowest BCUT2D eigenvalue weighted by molar-refractivity contribution is -0.117. The van der Waals surface area contributed by atoms with Crippen molar-refractivity contribution >= 4 is 17.5 Å². The highest BCUT2D eigenvalue weighted by Crippen LogP contribution is 2.32. The molecule has 1 aromatic rings. The summed E-state index contributed by atoms with van der Waals surface area (Å²) in [6.45, 7) is 0. The van der Waals surface area contributed by atoms with Gasteiger partial charge in [-0.05, 0) is 12.8 Å². The van der Waals surface area contributed by atoms with E-state index in [1.807, 2.05) is 0 Å². The highest BCUT2D eigenvalue weighted by molar-refractivity contribution is 8.00. The van der Waals surface area contributed by atoms with Gasteiger partial charge in [0.2, 0.25) is 5.89 Å². The van der Waals surface area contributed by atoms with Gasteiger partial charge in [0.05, 0.1) is 5.75 Å². The molecule has 2 aliphatic rings. The van der Waals surface area contributed by atoms with E-state index in [4.69, 9.17) is 4.52 Å². The Balaban J connectivity index is 1.70. The molecule has 3 rings (SSSR count). The van der Waals surface area contributed by atoms with Gasteiger partial charge in [-0.15, -0.1) is 0 Å². The fraction of sp³-hybridized carbons (Fsp3) is 0.786. The van der Waals surface area contributed by atoms with Crippen molar-refractivity contribution in [2.24, 2.45) is 0 Å². The summed E-state index contributed by atoms with van der Waals surface area (Å²) in [5.41, 5.74) is 0. The van der Waals surface area contributed by atoms with Crippen molar-refractivity contribution < 1.29 is 9.32 Å². The molecule has 2 fully saturated rings. The number of ketones is 1. The predicted octanol–water partition coefficient (Wildman–Crippen LogP) is 3.30. The highest BCUT2D eigenvalue weighted by Gasteiger charge is 2.32. The lowest BCUT2D eigenvalue weighted by Crippen LogP contribution is -2.10. The molecule has 1 unspecified atom stereocenters. The average molecular weight is 280 g/mol. The van der Waals surface area contributed by atoms with Gasteiger partial charge in [-0.25, -0.2) is 0 Å². The Labute approximate surface area is 117 Å². The van der Waals surface area contributed by atoms with Crippen LogP contribution in [0.1, 0.15) is 68.5 Å². The molecule has 4 nitrogen and oxygen atoms in total. The lowest BCUT2D eigenvalue weighted by atomic mass is 9.91. The zero-order valence-electron chi connectivity index (χ0n) is 11.1. The molecular weight excluding hydrogens is 260 g/mol. The summed E-state index contributed by atoms with van der Waals surface area (Å²) in [6.07, 6.45) is 8.83. The lowest BCUT2D eigenvalue weighted by Gasteiger charge is -2.15. The molecule has 0 amide bonds. The summed E-state index contributed by atoms with van der Waals surface area (Å²) in [5, 5.41) is 4.14. The second-order valence-corrected chi connectivity index (χ2v) is 6.60. The van der Waals surface area contributed by atoms with Crippen LogP contribution in [-0.2, 0) is 4.79 Å². The topological polar surface area (TPSA) is 56.0 Å². The first-order valence-electron chi connectivity index (χ1n) is 7.28. The summed E-state index contributed by atoms with van der Waals surface area (Å²) in [6, 6.07) is 0. The van der Waals surface area contributed by atoms with E-state index in [-0.39, 0.29) is 11.7 Å². The molecule has 0 aromatic carbocycles. The maximum Gasteiger partial charge on any atom is 0.238 e. The van der Waals surface area contributed by atoms with Crippen LogP contribution in [0.3, 0.4) is 0 Å². The van der Waals surface area contributed by atoms with E-state index in [9.17, 15) is 4.79 Å². The largest absolute Gasteiger partial charge is 0.339 e. The van der Waals surface area contributed by atoms with Crippen molar-refractivity contribution in [1.29, 1.82) is 0 Å². The maximum absolute atomic E-state index is 11.7. The number of thioether (sulfide) groups is 1. The summed E-state index contributed by atoms with van der Waals surface area (Å²) < 4.78 is 5.35. The van der Waals surface area contributed by atoms with E-state index >= 15 is 0 Å². The molecule has 1 aromatic heterocycles. The van der Waals surface area contributed by atoms with Crippen LogP contribution >= 0.6 is 11.8 Å². The summed E-state index contributed by atoms with van der Waals surface area (Å²) in [7, 11) is 0. The monoisotopic (exact) mass is 280 g/mol. The Kier molecular flexibility index (Phi) is 4.21. The van der Waals surface area contributed by atoms with Crippen LogP contribution in [0, 0.1) is 0 Å². The van der Waals surface area contributed by atoms with Gasteiger partial charge in [0.1, 0.15) is 5.92 Å². The van der Waals surface area contributed by atoms with E-state index in [0.717, 1.165) is 24.4 Å². The molecule has 2 heterocycles. The van der Waals surface area contributed by atoms with Crippen LogP contribution in [0.15, 0.2) is 4.52 Å². The van der Waals surface area contributed by atoms with E-state index in [1.165, 1.54) is 32.1 Å². The number of nitrogens with zero attached hydrogens (tertiary/aromatic N) is 2. The smallest absolute Gasteiger partial charge is 0.238 e. The maximum atomic E-state index is 11.7. The van der Waals surface area contributed by atoms with Crippen LogP contribution in [0.4, 0.5) is 0 Å². The van der Waals surface area contributed by atoms with Crippen molar-refractivity contribution in [3.63, 3.8) is 0 Å². The van der Waals surface area contributed by atoms with E-state index in [0.29, 0.717) is 17.6 Å². The van der Waals surface area contributed by atoms with Gasteiger partial charge in [-0.1, -0.05) is 37.3 Å². The van der Waals surface area contributed by atoms with Crippen LogP contribution in [0.2, 0.25) is 0 Å². The summed E-state index contributed by atoms with van der Waals surface area (Å²) >= 11 is 1.66. The van der Waals surface area contributed by atoms with Crippen LogP contribution in [0.5, 0.6) is 0 Å². The fourth-order valence-electron chi connectivity index (χ4n) is 2.95. The number of carbonyl (C=O) groups excluding carboxylic acids is 1. The average Bonchev–Trinajstić information content (AvgIpc) is 2.97. The van der Waals surface area contributed by atoms with E-state index < -0.39 is 0 Å². The third-order valence-corrected chi connectivity index (χ3v) is 5.20. The quantitative estimate of drug-likeness (QED) is 0.832. The Bertz CT molecular complexity index is 438. The van der Waals surface area contributed by atoms with Crippen molar-refractivity contribution in [2.45, 2.75) is 56.8 Å². The number of carbonyl (C=O) groups is 1. The van der Waals surface area contributed by atoms with Crippen molar-refractivity contribution in [3.05, 3.63) is 11.7 Å². The molecule has 0 radical (unpaired) electrons. The normalized spacial score (nSPS) is 26.3. The van der Waals surface area contributed by atoms with Gasteiger partial charge in [0.15, 0.2) is 11.6 Å². The second-order valence-electron chi connectivity index (χ2n) is 5.57. The fourth-order valence-corrected chi connectivity index (χ4v) is 4.03. The van der Waals surface area contributed by atoms with Crippen LogP contribution in [0.25, 0.3) is 0 Å². The molecule has 0 spiro atoms. The van der Waals surface area contributed by atoms with Crippen LogP contribution in [-0.4, -0.2) is 27.4 Å². The Morgan fingerprint density at radius 1 is 1.11 bits per heavy atom. The summed E-state index contributed by atoms with van der Waals surface area (Å²) in [5.74, 6) is 3.28. The Morgan fingerprint density at radius 3 is 2.53 bits per heavy atom. The number of aromatic nitrogens is 2. The first kappa shape index (κ1) is 13.2. The molecule has 0 bridgehead atoms. The standard InChI is InChI=1S/C14H20N2O2S/c17-12-9-19-8-11(12)14-15-13(16-18-14)10-6-4-2-1-3-5-7-10/h10-11H,1-9H2. The van der Waals surface area contributed by atoms with Crippen molar-refractivity contribution in [1.82, 2.24) is 10.1 Å². The van der Waals surface area contributed by atoms with Gasteiger partial charge in [0, 0.05) is 11.7 Å². The molecular formula is C14H20N2O2S. The number of Topliss-reactive ketones (excluding diaryl/α,β-unsaturated/α-hetero) is 1. The predicted molar refractivity (Wildman–Crippen MR) is 74.4 cm³/mol. The summed E-state index contributed by atoms with van der Waals surface area (Å²) in [4.78, 5) is 16.2. The Hall–Kier alpha value is -0.840. The number of hydrogen-bond donors (Lipinski definition) is 0.